The van der Waals surface area contributed by atoms with Crippen molar-refractivity contribution in [1.82, 2.24) is 15.2 Å². The molecule has 27 heavy (non-hydrogen) atoms. The summed E-state index contributed by atoms with van der Waals surface area (Å²) in [5.74, 6) is 0.700. The number of likely N-dealkylation sites (N-methyl/N-ethyl adjacent to an activating group) is 1. The number of aryl methyl sites for hydroxylation is 1. The minimum Gasteiger partial charge on any atom is -0.358 e. The molecule has 1 saturated heterocycles. The van der Waals surface area contributed by atoms with E-state index in [2.05, 4.69) is 68.1 Å². The predicted molar refractivity (Wildman–Crippen MR) is 111 cm³/mol. The first kappa shape index (κ1) is 18.5. The Hall–Kier alpha value is -1.81. The smallest absolute Gasteiger partial charge is 0.226 e. The number of H-pyrrole nitrogens is 1. The van der Waals surface area contributed by atoms with Crippen molar-refractivity contribution in [3.05, 3.63) is 35.0 Å². The fraction of sp³-hybridized carbons (Fsp3) is 0.609. The van der Waals surface area contributed by atoms with Crippen LogP contribution in [-0.4, -0.2) is 41.5 Å². The number of aromatic amines is 1. The van der Waals surface area contributed by atoms with Crippen LogP contribution in [-0.2, 0) is 11.2 Å². The third kappa shape index (κ3) is 2.89. The van der Waals surface area contributed by atoms with Crippen LogP contribution in [0.25, 0.3) is 10.9 Å². The van der Waals surface area contributed by atoms with E-state index in [9.17, 15) is 4.79 Å². The minimum absolute atomic E-state index is 0.219. The Morgan fingerprint density at radius 3 is 2.78 bits per heavy atom. The number of carbonyl (C=O) groups is 1. The number of likely N-dealkylation sites (tertiary alicyclic amines) is 1. The number of hydrogen-bond donors (Lipinski definition) is 2. The molecule has 1 aromatic carbocycles. The van der Waals surface area contributed by atoms with Crippen LogP contribution in [0.5, 0.6) is 0 Å². The topological polar surface area (TPSA) is 48.1 Å². The third-order valence-electron chi connectivity index (χ3n) is 7.51. The van der Waals surface area contributed by atoms with Crippen molar-refractivity contribution in [2.24, 2.45) is 5.41 Å². The molecule has 1 amide bonds. The molecule has 4 nitrogen and oxygen atoms in total. The number of nitrogens with zero attached hydrogens (tertiary/aromatic N) is 1. The molecule has 0 saturated carbocycles. The predicted octanol–water partition coefficient (Wildman–Crippen LogP) is 4.13. The first-order valence-corrected chi connectivity index (χ1v) is 10.5. The van der Waals surface area contributed by atoms with Gasteiger partial charge in [0.05, 0.1) is 0 Å². The van der Waals surface area contributed by atoms with E-state index in [0.717, 1.165) is 32.2 Å². The number of hydrogen-bond acceptors (Lipinski definition) is 2. The monoisotopic (exact) mass is 367 g/mol. The van der Waals surface area contributed by atoms with Crippen molar-refractivity contribution in [3.63, 3.8) is 0 Å². The number of amides is 1. The van der Waals surface area contributed by atoms with Gasteiger partial charge in [-0.3, -0.25) is 4.79 Å². The van der Waals surface area contributed by atoms with Gasteiger partial charge in [0.1, 0.15) is 0 Å². The molecule has 1 unspecified atom stereocenters. The summed E-state index contributed by atoms with van der Waals surface area (Å²) in [4.78, 5) is 19.0. The zero-order valence-corrected chi connectivity index (χ0v) is 17.4. The van der Waals surface area contributed by atoms with E-state index < -0.39 is 0 Å². The first-order chi connectivity index (χ1) is 12.9. The van der Waals surface area contributed by atoms with Gasteiger partial charge >= 0.3 is 0 Å². The molecule has 2 aliphatic rings. The third-order valence-corrected chi connectivity index (χ3v) is 7.51. The summed E-state index contributed by atoms with van der Waals surface area (Å²) in [6, 6.07) is 7.41. The van der Waals surface area contributed by atoms with Crippen LogP contribution in [0, 0.1) is 12.3 Å². The standard InChI is InChI=1S/C23H33N3O/c1-6-23(4,7-2)22(27)25-15-11-18-16-9-8-10-19-21(16)17(14(3)24-19)12-20(18)26(5)13-15/h8-10,15,18,20,24H,6-7,11-13H2,1-5H3,(H,25,27)/t15-,18?,20+/m0/s1. The fourth-order valence-corrected chi connectivity index (χ4v) is 5.25. The van der Waals surface area contributed by atoms with Crippen molar-refractivity contribution in [2.75, 3.05) is 13.6 Å². The molecule has 2 aromatic rings. The molecular formula is C23H33N3O. The SMILES string of the molecule is CCC(C)(CC)C(=O)N[C@H]1CC2c3cccc4[nH]c(C)c(c34)C[C@H]2N(C)C1. The zero-order chi connectivity index (χ0) is 19.3. The largest absolute Gasteiger partial charge is 0.358 e. The number of nitrogens with one attached hydrogen (secondary N) is 2. The lowest BCUT2D eigenvalue weighted by Gasteiger charge is -2.46. The molecule has 2 N–H and O–H groups in total. The molecule has 4 rings (SSSR count). The van der Waals surface area contributed by atoms with Gasteiger partial charge in [-0.15, -0.1) is 0 Å². The number of benzene rings is 1. The molecule has 1 fully saturated rings. The van der Waals surface area contributed by atoms with Crippen molar-refractivity contribution < 1.29 is 4.79 Å². The Kier molecular flexibility index (Phi) is 4.58. The summed E-state index contributed by atoms with van der Waals surface area (Å²) in [6.45, 7) is 9.45. The van der Waals surface area contributed by atoms with Crippen LogP contribution in [0.4, 0.5) is 0 Å². The number of fused-ring (bicyclic) bond motifs is 2. The van der Waals surface area contributed by atoms with Crippen LogP contribution in [0.15, 0.2) is 18.2 Å². The van der Waals surface area contributed by atoms with E-state index in [-0.39, 0.29) is 17.4 Å². The van der Waals surface area contributed by atoms with Gasteiger partial charge in [0.15, 0.2) is 0 Å². The highest BCUT2D eigenvalue weighted by molar-refractivity contribution is 5.89. The Morgan fingerprint density at radius 1 is 1.33 bits per heavy atom. The molecular weight excluding hydrogens is 334 g/mol. The maximum absolute atomic E-state index is 12.9. The van der Waals surface area contributed by atoms with Crippen LogP contribution in [0.3, 0.4) is 0 Å². The summed E-state index contributed by atoms with van der Waals surface area (Å²) in [6.07, 6.45) is 3.91. The van der Waals surface area contributed by atoms with E-state index in [0.29, 0.717) is 12.0 Å². The van der Waals surface area contributed by atoms with Gasteiger partial charge in [0, 0.05) is 46.6 Å². The maximum atomic E-state index is 12.9. The highest BCUT2D eigenvalue weighted by Gasteiger charge is 2.41. The lowest BCUT2D eigenvalue weighted by atomic mass is 9.73. The van der Waals surface area contributed by atoms with Gasteiger partial charge in [0.2, 0.25) is 5.91 Å². The van der Waals surface area contributed by atoms with Gasteiger partial charge in [-0.25, -0.2) is 0 Å². The number of rotatable bonds is 4. The molecule has 1 aliphatic carbocycles. The molecule has 3 atom stereocenters. The summed E-state index contributed by atoms with van der Waals surface area (Å²) < 4.78 is 0. The van der Waals surface area contributed by atoms with E-state index >= 15 is 0 Å². The van der Waals surface area contributed by atoms with Crippen LogP contribution in [0.2, 0.25) is 0 Å². The van der Waals surface area contributed by atoms with Gasteiger partial charge in [-0.1, -0.05) is 32.9 Å². The number of carbonyl (C=O) groups excluding carboxylic acids is 1. The van der Waals surface area contributed by atoms with Crippen LogP contribution >= 0.6 is 0 Å². The van der Waals surface area contributed by atoms with Crippen molar-refractivity contribution in [1.29, 1.82) is 0 Å². The molecule has 1 aliphatic heterocycles. The molecule has 4 heteroatoms. The van der Waals surface area contributed by atoms with Crippen molar-refractivity contribution in [3.8, 4) is 0 Å². The second-order valence-corrected chi connectivity index (χ2v) is 8.99. The summed E-state index contributed by atoms with van der Waals surface area (Å²) >= 11 is 0. The molecule has 1 aromatic heterocycles. The first-order valence-electron chi connectivity index (χ1n) is 10.5. The van der Waals surface area contributed by atoms with Gasteiger partial charge < -0.3 is 15.2 Å². The van der Waals surface area contributed by atoms with Gasteiger partial charge in [0.25, 0.3) is 0 Å². The van der Waals surface area contributed by atoms with E-state index in [4.69, 9.17) is 0 Å². The summed E-state index contributed by atoms with van der Waals surface area (Å²) in [7, 11) is 2.22. The second kappa shape index (κ2) is 6.66. The van der Waals surface area contributed by atoms with Crippen LogP contribution in [0.1, 0.15) is 62.8 Å². The Morgan fingerprint density at radius 2 is 2.07 bits per heavy atom. The normalized spacial score (nSPS) is 25.4. The average molecular weight is 368 g/mol. The lowest BCUT2D eigenvalue weighted by molar-refractivity contribution is -0.131. The number of aromatic nitrogens is 1. The molecule has 2 heterocycles. The molecule has 0 bridgehead atoms. The van der Waals surface area contributed by atoms with E-state index in [1.807, 2.05) is 0 Å². The highest BCUT2D eigenvalue weighted by Crippen LogP contribution is 2.44. The minimum atomic E-state index is -0.257. The highest BCUT2D eigenvalue weighted by atomic mass is 16.2. The molecule has 0 spiro atoms. The maximum Gasteiger partial charge on any atom is 0.226 e. The number of piperidine rings is 1. The summed E-state index contributed by atoms with van der Waals surface area (Å²) in [5.41, 5.74) is 5.26. The fourth-order valence-electron chi connectivity index (χ4n) is 5.25. The zero-order valence-electron chi connectivity index (χ0n) is 17.4. The van der Waals surface area contributed by atoms with Crippen molar-refractivity contribution in [2.45, 2.75) is 71.4 Å². The Bertz CT molecular complexity index is 864. The van der Waals surface area contributed by atoms with E-state index in [1.54, 1.807) is 0 Å². The Labute approximate surface area is 162 Å². The Balaban J connectivity index is 1.63. The molecule has 146 valence electrons. The summed E-state index contributed by atoms with van der Waals surface area (Å²) in [5, 5.41) is 4.83. The van der Waals surface area contributed by atoms with E-state index in [1.165, 1.54) is 27.7 Å². The molecule has 0 radical (unpaired) electrons. The van der Waals surface area contributed by atoms with Crippen LogP contribution < -0.4 is 5.32 Å². The second-order valence-electron chi connectivity index (χ2n) is 8.99. The van der Waals surface area contributed by atoms with Gasteiger partial charge in [-0.05, 0) is 56.8 Å². The lowest BCUT2D eigenvalue weighted by Crippen LogP contribution is -2.56. The van der Waals surface area contributed by atoms with Crippen molar-refractivity contribution >= 4 is 16.8 Å². The quantitative estimate of drug-likeness (QED) is 0.853. The van der Waals surface area contributed by atoms with Gasteiger partial charge in [-0.2, -0.15) is 0 Å². The average Bonchev–Trinajstić information content (AvgIpc) is 2.98.